The molecule has 128 valence electrons. The van der Waals surface area contributed by atoms with Crippen LogP contribution in [0.2, 0.25) is 0 Å². The standard InChI is InChI=1S/C19H19N3O3/c1-13-18(14(2)25-22-13)19(23)21-11-15-6-5-8-17(10-15)24-12-16-7-3-4-9-20-16/h3-10H,11-12H2,1-2H3,(H,21,23). The molecule has 0 bridgehead atoms. The topological polar surface area (TPSA) is 77.2 Å². The molecule has 1 N–H and O–H groups in total. The third-order valence-corrected chi connectivity index (χ3v) is 3.72. The van der Waals surface area contributed by atoms with Gasteiger partial charge in [0.15, 0.2) is 0 Å². The summed E-state index contributed by atoms with van der Waals surface area (Å²) in [5.74, 6) is 1.05. The summed E-state index contributed by atoms with van der Waals surface area (Å²) < 4.78 is 10.8. The van der Waals surface area contributed by atoms with Crippen molar-refractivity contribution in [2.45, 2.75) is 27.0 Å². The highest BCUT2D eigenvalue weighted by Gasteiger charge is 2.16. The molecule has 2 heterocycles. The summed E-state index contributed by atoms with van der Waals surface area (Å²) in [4.78, 5) is 16.5. The minimum atomic E-state index is -0.198. The normalized spacial score (nSPS) is 10.5. The van der Waals surface area contributed by atoms with E-state index in [0.29, 0.717) is 30.2 Å². The summed E-state index contributed by atoms with van der Waals surface area (Å²) in [6.45, 7) is 4.26. The van der Waals surface area contributed by atoms with Crippen LogP contribution in [0.5, 0.6) is 5.75 Å². The van der Waals surface area contributed by atoms with Gasteiger partial charge in [0.05, 0.1) is 11.4 Å². The molecule has 0 fully saturated rings. The number of aryl methyl sites for hydroxylation is 2. The molecule has 25 heavy (non-hydrogen) atoms. The number of carbonyl (C=O) groups excluding carboxylic acids is 1. The van der Waals surface area contributed by atoms with Gasteiger partial charge >= 0.3 is 0 Å². The molecule has 0 radical (unpaired) electrons. The first kappa shape index (κ1) is 16.7. The zero-order valence-electron chi connectivity index (χ0n) is 14.2. The number of nitrogens with one attached hydrogen (secondary N) is 1. The SMILES string of the molecule is Cc1noc(C)c1C(=O)NCc1cccc(OCc2ccccn2)c1. The van der Waals surface area contributed by atoms with Crippen molar-refractivity contribution in [3.8, 4) is 5.75 Å². The lowest BCUT2D eigenvalue weighted by Crippen LogP contribution is -2.23. The molecule has 6 nitrogen and oxygen atoms in total. The summed E-state index contributed by atoms with van der Waals surface area (Å²) in [6.07, 6.45) is 1.74. The molecule has 0 aliphatic heterocycles. The van der Waals surface area contributed by atoms with E-state index in [2.05, 4.69) is 15.5 Å². The zero-order valence-corrected chi connectivity index (χ0v) is 14.2. The van der Waals surface area contributed by atoms with Crippen LogP contribution >= 0.6 is 0 Å². The van der Waals surface area contributed by atoms with Gasteiger partial charge in [-0.25, -0.2) is 0 Å². The monoisotopic (exact) mass is 337 g/mol. The molecule has 0 atom stereocenters. The van der Waals surface area contributed by atoms with Crippen molar-refractivity contribution in [2.24, 2.45) is 0 Å². The maximum absolute atomic E-state index is 12.3. The summed E-state index contributed by atoms with van der Waals surface area (Å²) >= 11 is 0. The fourth-order valence-electron chi connectivity index (χ4n) is 2.46. The van der Waals surface area contributed by atoms with Crippen LogP contribution in [0.3, 0.4) is 0 Å². The second-order valence-electron chi connectivity index (χ2n) is 5.64. The van der Waals surface area contributed by atoms with Crippen LogP contribution in [-0.2, 0) is 13.2 Å². The first-order valence-electron chi connectivity index (χ1n) is 7.96. The van der Waals surface area contributed by atoms with Gasteiger partial charge in [-0.1, -0.05) is 23.4 Å². The number of aromatic nitrogens is 2. The van der Waals surface area contributed by atoms with Crippen molar-refractivity contribution < 1.29 is 14.1 Å². The van der Waals surface area contributed by atoms with Crippen molar-refractivity contribution in [3.05, 3.63) is 76.9 Å². The number of amides is 1. The molecule has 1 amide bonds. The summed E-state index contributed by atoms with van der Waals surface area (Å²) in [5, 5.41) is 6.67. The Hall–Kier alpha value is -3.15. The van der Waals surface area contributed by atoms with E-state index < -0.39 is 0 Å². The van der Waals surface area contributed by atoms with E-state index in [9.17, 15) is 4.79 Å². The Bertz CT molecular complexity index is 840. The molecule has 1 aromatic carbocycles. The number of ether oxygens (including phenoxy) is 1. The smallest absolute Gasteiger partial charge is 0.257 e. The van der Waals surface area contributed by atoms with Crippen LogP contribution in [0.4, 0.5) is 0 Å². The molecular weight excluding hydrogens is 318 g/mol. The minimum absolute atomic E-state index is 0.198. The highest BCUT2D eigenvalue weighted by molar-refractivity contribution is 5.96. The fraction of sp³-hybridized carbons (Fsp3) is 0.211. The lowest BCUT2D eigenvalue weighted by molar-refractivity contribution is 0.0949. The maximum atomic E-state index is 12.3. The lowest BCUT2D eigenvalue weighted by Gasteiger charge is -2.09. The second kappa shape index (κ2) is 7.61. The predicted octanol–water partition coefficient (Wildman–Crippen LogP) is 3.20. The second-order valence-corrected chi connectivity index (χ2v) is 5.64. The molecule has 3 rings (SSSR count). The van der Waals surface area contributed by atoms with Gasteiger partial charge in [0, 0.05) is 12.7 Å². The van der Waals surface area contributed by atoms with Gasteiger partial charge in [-0.3, -0.25) is 9.78 Å². The van der Waals surface area contributed by atoms with Gasteiger partial charge in [0.2, 0.25) is 0 Å². The van der Waals surface area contributed by atoms with E-state index >= 15 is 0 Å². The third-order valence-electron chi connectivity index (χ3n) is 3.72. The molecule has 3 aromatic rings. The Kier molecular flexibility index (Phi) is 5.09. The fourth-order valence-corrected chi connectivity index (χ4v) is 2.46. The molecule has 0 spiro atoms. The molecule has 0 saturated carbocycles. The number of pyridine rings is 1. The molecule has 0 unspecified atom stereocenters. The van der Waals surface area contributed by atoms with Crippen LogP contribution in [-0.4, -0.2) is 16.0 Å². The molecule has 6 heteroatoms. The Morgan fingerprint density at radius 3 is 2.80 bits per heavy atom. The molecular formula is C19H19N3O3. The van der Waals surface area contributed by atoms with Crippen molar-refractivity contribution in [3.63, 3.8) is 0 Å². The van der Waals surface area contributed by atoms with Gasteiger partial charge in [0.25, 0.3) is 5.91 Å². The highest BCUT2D eigenvalue weighted by atomic mass is 16.5. The van der Waals surface area contributed by atoms with Crippen molar-refractivity contribution >= 4 is 5.91 Å². The molecule has 2 aromatic heterocycles. The molecule has 0 aliphatic carbocycles. The van der Waals surface area contributed by atoms with Gasteiger partial charge < -0.3 is 14.6 Å². The Morgan fingerprint density at radius 1 is 1.20 bits per heavy atom. The van der Waals surface area contributed by atoms with Crippen LogP contribution in [0.15, 0.2) is 53.2 Å². The largest absolute Gasteiger partial charge is 0.487 e. The van der Waals surface area contributed by atoms with Gasteiger partial charge in [-0.15, -0.1) is 0 Å². The highest BCUT2D eigenvalue weighted by Crippen LogP contribution is 2.16. The number of carbonyl (C=O) groups is 1. The van der Waals surface area contributed by atoms with Crippen LogP contribution in [0.1, 0.15) is 33.1 Å². The van der Waals surface area contributed by atoms with Gasteiger partial charge in [-0.2, -0.15) is 0 Å². The minimum Gasteiger partial charge on any atom is -0.487 e. The first-order valence-corrected chi connectivity index (χ1v) is 7.96. The van der Waals surface area contributed by atoms with E-state index in [-0.39, 0.29) is 5.91 Å². The number of rotatable bonds is 6. The Labute approximate surface area is 145 Å². The van der Waals surface area contributed by atoms with Crippen molar-refractivity contribution in [1.29, 1.82) is 0 Å². The van der Waals surface area contributed by atoms with Crippen LogP contribution in [0, 0.1) is 13.8 Å². The van der Waals surface area contributed by atoms with E-state index in [1.54, 1.807) is 20.0 Å². The number of hydrogen-bond donors (Lipinski definition) is 1. The Morgan fingerprint density at radius 2 is 2.08 bits per heavy atom. The molecule has 0 aliphatic rings. The summed E-state index contributed by atoms with van der Waals surface area (Å²) in [5.41, 5.74) is 2.88. The third kappa shape index (κ3) is 4.23. The zero-order chi connectivity index (χ0) is 17.6. The molecule has 0 saturated heterocycles. The van der Waals surface area contributed by atoms with E-state index in [1.165, 1.54) is 0 Å². The van der Waals surface area contributed by atoms with E-state index in [0.717, 1.165) is 17.0 Å². The maximum Gasteiger partial charge on any atom is 0.257 e. The summed E-state index contributed by atoms with van der Waals surface area (Å²) in [7, 11) is 0. The van der Waals surface area contributed by atoms with E-state index in [1.807, 2.05) is 42.5 Å². The Balaban J connectivity index is 1.59. The number of benzene rings is 1. The van der Waals surface area contributed by atoms with Crippen LogP contribution < -0.4 is 10.1 Å². The number of hydrogen-bond acceptors (Lipinski definition) is 5. The lowest BCUT2D eigenvalue weighted by atomic mass is 10.1. The average molecular weight is 337 g/mol. The number of nitrogens with zero attached hydrogens (tertiary/aromatic N) is 2. The van der Waals surface area contributed by atoms with Crippen LogP contribution in [0.25, 0.3) is 0 Å². The van der Waals surface area contributed by atoms with Gasteiger partial charge in [0.1, 0.15) is 23.7 Å². The van der Waals surface area contributed by atoms with Crippen molar-refractivity contribution in [1.82, 2.24) is 15.5 Å². The van der Waals surface area contributed by atoms with Gasteiger partial charge in [-0.05, 0) is 43.7 Å². The predicted molar refractivity (Wildman–Crippen MR) is 92.2 cm³/mol. The van der Waals surface area contributed by atoms with E-state index in [4.69, 9.17) is 9.26 Å². The summed E-state index contributed by atoms with van der Waals surface area (Å²) in [6, 6.07) is 13.3. The first-order chi connectivity index (χ1) is 12.1. The average Bonchev–Trinajstić information content (AvgIpc) is 2.98. The van der Waals surface area contributed by atoms with Crippen molar-refractivity contribution in [2.75, 3.05) is 0 Å². The quantitative estimate of drug-likeness (QED) is 0.747.